The SMILES string of the molecule is CCCCN(O)c1c2ccccc2nc2cccc([N+](=O)[O-])c12.Cl. The van der Waals surface area contributed by atoms with Crippen LogP contribution in [0.1, 0.15) is 19.8 Å². The van der Waals surface area contributed by atoms with Gasteiger partial charge in [0.25, 0.3) is 5.69 Å². The number of hydrogen-bond donors (Lipinski definition) is 1. The van der Waals surface area contributed by atoms with Crippen molar-refractivity contribution in [3.8, 4) is 0 Å². The average Bonchev–Trinajstić information content (AvgIpc) is 2.56. The zero-order valence-corrected chi connectivity index (χ0v) is 14.0. The predicted octanol–water partition coefficient (Wildman–Crippen LogP) is 4.71. The summed E-state index contributed by atoms with van der Waals surface area (Å²) in [6.07, 6.45) is 1.70. The van der Waals surface area contributed by atoms with Crippen molar-refractivity contribution in [1.82, 2.24) is 4.98 Å². The van der Waals surface area contributed by atoms with Crippen molar-refractivity contribution in [1.29, 1.82) is 0 Å². The number of nitro groups is 1. The summed E-state index contributed by atoms with van der Waals surface area (Å²) in [7, 11) is 0. The molecule has 0 bridgehead atoms. The number of para-hydroxylation sites is 1. The number of nitrogens with zero attached hydrogens (tertiary/aromatic N) is 3. The minimum atomic E-state index is -0.435. The van der Waals surface area contributed by atoms with Gasteiger partial charge >= 0.3 is 0 Å². The van der Waals surface area contributed by atoms with Gasteiger partial charge in [-0.25, -0.2) is 4.98 Å². The average molecular weight is 348 g/mol. The van der Waals surface area contributed by atoms with E-state index in [1.165, 1.54) is 6.07 Å². The molecule has 0 amide bonds. The largest absolute Gasteiger partial charge is 0.288 e. The fourth-order valence-electron chi connectivity index (χ4n) is 2.74. The summed E-state index contributed by atoms with van der Waals surface area (Å²) in [4.78, 5) is 15.5. The first kappa shape index (κ1) is 17.9. The standard InChI is InChI=1S/C17H17N3O3.ClH/c1-2-3-11-19(21)17-12-7-4-5-8-13(12)18-14-9-6-10-15(16(14)17)20(22)23;/h4-10,21H,2-3,11H2,1H3;1H. The number of unbranched alkanes of at least 4 members (excludes halogenated alkanes) is 1. The number of anilines is 1. The van der Waals surface area contributed by atoms with Crippen LogP contribution in [0.4, 0.5) is 11.4 Å². The van der Waals surface area contributed by atoms with E-state index >= 15 is 0 Å². The lowest BCUT2D eigenvalue weighted by molar-refractivity contribution is -0.383. The Morgan fingerprint density at radius 3 is 2.58 bits per heavy atom. The number of aromatic nitrogens is 1. The molecule has 0 fully saturated rings. The highest BCUT2D eigenvalue weighted by atomic mass is 35.5. The van der Waals surface area contributed by atoms with Gasteiger partial charge in [-0.15, -0.1) is 12.4 Å². The van der Waals surface area contributed by atoms with Gasteiger partial charge in [0.05, 0.1) is 21.6 Å². The monoisotopic (exact) mass is 347 g/mol. The maximum atomic E-state index is 11.4. The predicted molar refractivity (Wildman–Crippen MR) is 97.2 cm³/mol. The number of fused-ring (bicyclic) bond motifs is 2. The molecule has 126 valence electrons. The fraction of sp³-hybridized carbons (Fsp3) is 0.235. The molecule has 1 N–H and O–H groups in total. The normalized spacial score (nSPS) is 10.6. The highest BCUT2D eigenvalue weighted by Gasteiger charge is 2.21. The summed E-state index contributed by atoms with van der Waals surface area (Å²) in [5.41, 5.74) is 1.60. The van der Waals surface area contributed by atoms with E-state index < -0.39 is 4.92 Å². The maximum Gasteiger partial charge on any atom is 0.280 e. The van der Waals surface area contributed by atoms with Crippen molar-refractivity contribution in [2.75, 3.05) is 11.6 Å². The lowest BCUT2D eigenvalue weighted by Crippen LogP contribution is -2.20. The smallest absolute Gasteiger partial charge is 0.280 e. The quantitative estimate of drug-likeness (QED) is 0.410. The summed E-state index contributed by atoms with van der Waals surface area (Å²) in [5, 5.41) is 24.1. The van der Waals surface area contributed by atoms with Gasteiger partial charge in [-0.2, -0.15) is 0 Å². The van der Waals surface area contributed by atoms with Crippen LogP contribution >= 0.6 is 12.4 Å². The summed E-state index contributed by atoms with van der Waals surface area (Å²) in [6, 6.07) is 12.1. The van der Waals surface area contributed by atoms with E-state index in [2.05, 4.69) is 4.98 Å². The van der Waals surface area contributed by atoms with E-state index in [9.17, 15) is 15.3 Å². The molecule has 0 spiro atoms. The van der Waals surface area contributed by atoms with Gasteiger partial charge in [0.1, 0.15) is 5.39 Å². The van der Waals surface area contributed by atoms with E-state index in [0.29, 0.717) is 34.0 Å². The third-order valence-electron chi connectivity index (χ3n) is 3.84. The second kappa shape index (κ2) is 7.42. The van der Waals surface area contributed by atoms with Crippen LogP contribution in [-0.2, 0) is 0 Å². The van der Waals surface area contributed by atoms with Crippen LogP contribution in [0.2, 0.25) is 0 Å². The maximum absolute atomic E-state index is 11.4. The number of hydroxylamine groups is 1. The number of pyridine rings is 1. The van der Waals surface area contributed by atoms with Crippen molar-refractivity contribution < 1.29 is 10.1 Å². The molecule has 6 nitrogen and oxygen atoms in total. The summed E-state index contributed by atoms with van der Waals surface area (Å²) in [6.45, 7) is 2.44. The first-order valence-corrected chi connectivity index (χ1v) is 7.55. The van der Waals surface area contributed by atoms with Crippen molar-refractivity contribution in [2.24, 2.45) is 0 Å². The van der Waals surface area contributed by atoms with Crippen molar-refractivity contribution >= 4 is 45.6 Å². The van der Waals surface area contributed by atoms with Crippen LogP contribution < -0.4 is 5.06 Å². The molecule has 0 unspecified atom stereocenters. The Balaban J connectivity index is 0.00000208. The van der Waals surface area contributed by atoms with E-state index in [1.807, 2.05) is 31.2 Å². The second-order valence-corrected chi connectivity index (χ2v) is 5.38. The van der Waals surface area contributed by atoms with Gasteiger partial charge in [0.2, 0.25) is 0 Å². The number of rotatable bonds is 5. The molecule has 7 heteroatoms. The van der Waals surface area contributed by atoms with E-state index in [0.717, 1.165) is 17.9 Å². The van der Waals surface area contributed by atoms with Gasteiger partial charge in [0, 0.05) is 18.0 Å². The Labute approximate surface area is 145 Å². The van der Waals surface area contributed by atoms with Crippen LogP contribution in [0, 0.1) is 10.1 Å². The van der Waals surface area contributed by atoms with E-state index in [1.54, 1.807) is 12.1 Å². The Kier molecular flexibility index (Phi) is 5.54. The molecule has 2 aromatic carbocycles. The minimum absolute atomic E-state index is 0. The molecule has 0 atom stereocenters. The van der Waals surface area contributed by atoms with Crippen LogP contribution in [-0.4, -0.2) is 21.7 Å². The van der Waals surface area contributed by atoms with Crippen molar-refractivity contribution in [2.45, 2.75) is 19.8 Å². The van der Waals surface area contributed by atoms with Crippen LogP contribution in [0.3, 0.4) is 0 Å². The van der Waals surface area contributed by atoms with E-state index in [4.69, 9.17) is 0 Å². The van der Waals surface area contributed by atoms with Crippen molar-refractivity contribution in [3.63, 3.8) is 0 Å². The number of non-ortho nitro benzene ring substituents is 1. The molecular weight excluding hydrogens is 330 g/mol. The third kappa shape index (κ3) is 3.11. The molecule has 0 saturated heterocycles. The molecule has 3 rings (SSSR count). The Bertz CT molecular complexity index is 885. The Morgan fingerprint density at radius 1 is 1.17 bits per heavy atom. The molecule has 0 aliphatic heterocycles. The number of nitro benzene ring substituents is 1. The second-order valence-electron chi connectivity index (χ2n) is 5.38. The lowest BCUT2D eigenvalue weighted by atomic mass is 10.1. The molecule has 24 heavy (non-hydrogen) atoms. The van der Waals surface area contributed by atoms with Crippen LogP contribution in [0.25, 0.3) is 21.8 Å². The van der Waals surface area contributed by atoms with Crippen LogP contribution in [0.15, 0.2) is 42.5 Å². The third-order valence-corrected chi connectivity index (χ3v) is 3.84. The molecule has 0 radical (unpaired) electrons. The Hall–Kier alpha value is -2.44. The molecule has 0 saturated carbocycles. The van der Waals surface area contributed by atoms with Crippen LogP contribution in [0.5, 0.6) is 0 Å². The molecular formula is C17H18ClN3O3. The zero-order valence-electron chi connectivity index (χ0n) is 13.2. The Morgan fingerprint density at radius 2 is 1.88 bits per heavy atom. The van der Waals surface area contributed by atoms with Gasteiger partial charge in [0.15, 0.2) is 0 Å². The number of benzene rings is 2. The first-order chi connectivity index (χ1) is 11.1. The van der Waals surface area contributed by atoms with Gasteiger partial charge < -0.3 is 0 Å². The minimum Gasteiger partial charge on any atom is -0.288 e. The summed E-state index contributed by atoms with van der Waals surface area (Å²) >= 11 is 0. The zero-order chi connectivity index (χ0) is 16.4. The molecule has 1 aromatic heterocycles. The fourth-order valence-corrected chi connectivity index (χ4v) is 2.74. The molecule has 3 aromatic rings. The van der Waals surface area contributed by atoms with E-state index in [-0.39, 0.29) is 18.1 Å². The lowest BCUT2D eigenvalue weighted by Gasteiger charge is -2.20. The number of hydrogen-bond acceptors (Lipinski definition) is 5. The summed E-state index contributed by atoms with van der Waals surface area (Å²) < 4.78 is 0. The first-order valence-electron chi connectivity index (χ1n) is 7.55. The number of halogens is 1. The van der Waals surface area contributed by atoms with Crippen molar-refractivity contribution in [3.05, 3.63) is 52.6 Å². The summed E-state index contributed by atoms with van der Waals surface area (Å²) in [5.74, 6) is 0. The highest BCUT2D eigenvalue weighted by molar-refractivity contribution is 6.11. The molecule has 0 aliphatic rings. The van der Waals surface area contributed by atoms with Gasteiger partial charge in [-0.1, -0.05) is 37.6 Å². The molecule has 1 heterocycles. The highest BCUT2D eigenvalue weighted by Crippen LogP contribution is 2.38. The van der Waals surface area contributed by atoms with Gasteiger partial charge in [-0.05, 0) is 18.6 Å². The molecule has 0 aliphatic carbocycles. The topological polar surface area (TPSA) is 79.5 Å². The van der Waals surface area contributed by atoms with Gasteiger partial charge in [-0.3, -0.25) is 20.4 Å².